The van der Waals surface area contributed by atoms with E-state index in [2.05, 4.69) is 4.90 Å². The van der Waals surface area contributed by atoms with Gasteiger partial charge in [-0.05, 0) is 50.8 Å². The first kappa shape index (κ1) is 25.5. The van der Waals surface area contributed by atoms with Crippen molar-refractivity contribution >= 4 is 35.1 Å². The van der Waals surface area contributed by atoms with Crippen LogP contribution in [0.1, 0.15) is 44.2 Å². The average Bonchev–Trinajstić information content (AvgIpc) is 3.20. The summed E-state index contributed by atoms with van der Waals surface area (Å²) in [6.07, 6.45) is -0.823. The largest absolute Gasteiger partial charge is 0.508 e. The number of hydrogen-bond acceptors (Lipinski definition) is 4. The molecule has 2 heterocycles. The predicted molar refractivity (Wildman–Crippen MR) is 110 cm³/mol. The number of carbonyl (C=O) groups excluding carboxylic acids is 1. The highest BCUT2D eigenvalue weighted by molar-refractivity contribution is 6.42. The summed E-state index contributed by atoms with van der Waals surface area (Å²) in [6, 6.07) is 3.50. The highest BCUT2D eigenvalue weighted by Crippen LogP contribution is 2.43. The third-order valence-electron chi connectivity index (χ3n) is 5.60. The number of benzene rings is 1. The van der Waals surface area contributed by atoms with Crippen molar-refractivity contribution in [3.05, 3.63) is 27.7 Å². The van der Waals surface area contributed by atoms with Gasteiger partial charge in [0.05, 0.1) is 10.0 Å². The summed E-state index contributed by atoms with van der Waals surface area (Å²) in [5, 5.41) is 18.5. The van der Waals surface area contributed by atoms with E-state index in [9.17, 15) is 23.1 Å². The number of piperidine rings is 1. The lowest BCUT2D eigenvalue weighted by Gasteiger charge is -2.40. The van der Waals surface area contributed by atoms with Crippen LogP contribution in [-0.2, 0) is 9.59 Å². The maximum Gasteiger partial charge on any atom is 0.490 e. The van der Waals surface area contributed by atoms with Gasteiger partial charge in [-0.25, -0.2) is 4.79 Å². The normalized spacial score (nSPS) is 19.0. The zero-order valence-electron chi connectivity index (χ0n) is 17.0. The van der Waals surface area contributed by atoms with Gasteiger partial charge in [0.2, 0.25) is 5.91 Å². The Morgan fingerprint density at radius 1 is 1.06 bits per heavy atom. The van der Waals surface area contributed by atoms with E-state index in [4.69, 9.17) is 33.1 Å². The third-order valence-corrected chi connectivity index (χ3v) is 6.32. The highest BCUT2D eigenvalue weighted by atomic mass is 35.5. The smallest absolute Gasteiger partial charge is 0.490 e. The van der Waals surface area contributed by atoms with Crippen molar-refractivity contribution in [2.24, 2.45) is 5.92 Å². The first-order chi connectivity index (χ1) is 14.4. The predicted octanol–water partition coefficient (Wildman–Crippen LogP) is 4.73. The number of carbonyl (C=O) groups is 2. The number of amides is 1. The minimum atomic E-state index is -5.08. The quantitative estimate of drug-likeness (QED) is 0.648. The molecular weight excluding hydrogens is 460 g/mol. The molecule has 2 N–H and O–H groups in total. The lowest BCUT2D eigenvalue weighted by Crippen LogP contribution is -2.41. The molecule has 0 aromatic heterocycles. The highest BCUT2D eigenvalue weighted by Gasteiger charge is 2.38. The molecule has 0 bridgehead atoms. The minimum absolute atomic E-state index is 0.136. The summed E-state index contributed by atoms with van der Waals surface area (Å²) in [5.41, 5.74) is 0.868. The van der Waals surface area contributed by atoms with Crippen LogP contribution in [0.2, 0.25) is 10.0 Å². The lowest BCUT2D eigenvalue weighted by atomic mass is 9.84. The summed E-state index contributed by atoms with van der Waals surface area (Å²) in [4.78, 5) is 24.8. The van der Waals surface area contributed by atoms with Crippen LogP contribution in [0, 0.1) is 5.92 Å². The molecular formula is C20H25Cl2F3N2O4. The van der Waals surface area contributed by atoms with Gasteiger partial charge < -0.3 is 15.1 Å². The molecule has 1 aromatic carbocycles. The fourth-order valence-electron chi connectivity index (χ4n) is 4.09. The lowest BCUT2D eigenvalue weighted by molar-refractivity contribution is -0.192. The fraction of sp³-hybridized carbons (Fsp3) is 0.600. The van der Waals surface area contributed by atoms with Crippen molar-refractivity contribution in [2.75, 3.05) is 26.2 Å². The molecule has 2 fully saturated rings. The number of halogens is 5. The number of aromatic hydroxyl groups is 1. The van der Waals surface area contributed by atoms with Gasteiger partial charge in [-0.15, -0.1) is 0 Å². The topological polar surface area (TPSA) is 81.1 Å². The molecule has 1 atom stereocenters. The molecule has 2 aliphatic heterocycles. The third kappa shape index (κ3) is 6.89. The Morgan fingerprint density at radius 2 is 1.55 bits per heavy atom. The van der Waals surface area contributed by atoms with E-state index in [0.717, 1.165) is 44.6 Å². The number of nitrogens with zero attached hydrogens (tertiary/aromatic N) is 2. The van der Waals surface area contributed by atoms with E-state index < -0.39 is 12.1 Å². The van der Waals surface area contributed by atoms with Crippen LogP contribution in [0.15, 0.2) is 12.1 Å². The Bertz CT molecular complexity index is 793. The van der Waals surface area contributed by atoms with E-state index in [1.54, 1.807) is 13.0 Å². The number of aliphatic carboxylic acids is 1. The van der Waals surface area contributed by atoms with E-state index in [1.807, 2.05) is 11.0 Å². The number of alkyl halides is 3. The number of rotatable bonds is 3. The Kier molecular flexibility index (Phi) is 8.85. The second-order valence-electron chi connectivity index (χ2n) is 7.66. The Hall–Kier alpha value is -1.71. The van der Waals surface area contributed by atoms with Crippen molar-refractivity contribution in [3.8, 4) is 5.75 Å². The number of carboxylic acid groups (broad SMARTS) is 1. The summed E-state index contributed by atoms with van der Waals surface area (Å²) in [6.45, 7) is 5.27. The first-order valence-corrected chi connectivity index (χ1v) is 10.6. The van der Waals surface area contributed by atoms with Crippen molar-refractivity contribution in [3.63, 3.8) is 0 Å². The molecule has 0 spiro atoms. The van der Waals surface area contributed by atoms with Gasteiger partial charge in [0.1, 0.15) is 5.75 Å². The second kappa shape index (κ2) is 10.7. The van der Waals surface area contributed by atoms with Crippen molar-refractivity contribution < 1.29 is 33.0 Å². The molecule has 6 nitrogen and oxygen atoms in total. The molecule has 174 valence electrons. The Labute approximate surface area is 188 Å². The van der Waals surface area contributed by atoms with E-state index in [1.165, 1.54) is 12.8 Å². The Balaban J connectivity index is 0.000000423. The monoisotopic (exact) mass is 484 g/mol. The van der Waals surface area contributed by atoms with Crippen LogP contribution in [0.4, 0.5) is 13.2 Å². The molecule has 3 rings (SSSR count). The number of carboxylic acids is 1. The molecule has 0 saturated carbocycles. The number of hydrogen-bond donors (Lipinski definition) is 2. The molecule has 0 aliphatic carbocycles. The van der Waals surface area contributed by atoms with Crippen LogP contribution >= 0.6 is 23.2 Å². The van der Waals surface area contributed by atoms with Gasteiger partial charge in [0.25, 0.3) is 0 Å². The number of phenols is 1. The van der Waals surface area contributed by atoms with Crippen molar-refractivity contribution in [1.82, 2.24) is 9.80 Å². The van der Waals surface area contributed by atoms with Gasteiger partial charge in [0.15, 0.2) is 0 Å². The van der Waals surface area contributed by atoms with E-state index in [0.29, 0.717) is 16.0 Å². The van der Waals surface area contributed by atoms with Crippen LogP contribution in [0.25, 0.3) is 0 Å². The molecule has 2 saturated heterocycles. The average molecular weight is 485 g/mol. The maximum absolute atomic E-state index is 11.6. The summed E-state index contributed by atoms with van der Waals surface area (Å²) >= 11 is 12.3. The Morgan fingerprint density at radius 3 is 2.00 bits per heavy atom. The van der Waals surface area contributed by atoms with Gasteiger partial charge >= 0.3 is 12.1 Å². The zero-order valence-corrected chi connectivity index (χ0v) is 18.5. The first-order valence-electron chi connectivity index (χ1n) is 9.89. The summed E-state index contributed by atoms with van der Waals surface area (Å²) in [5.74, 6) is -1.99. The summed E-state index contributed by atoms with van der Waals surface area (Å²) < 4.78 is 31.7. The van der Waals surface area contributed by atoms with Gasteiger partial charge in [-0.3, -0.25) is 9.69 Å². The van der Waals surface area contributed by atoms with Crippen LogP contribution < -0.4 is 0 Å². The summed E-state index contributed by atoms with van der Waals surface area (Å²) in [7, 11) is 0. The van der Waals surface area contributed by atoms with Crippen LogP contribution in [0.5, 0.6) is 5.75 Å². The molecule has 0 radical (unpaired) electrons. The molecule has 1 unspecified atom stereocenters. The standard InChI is InChI=1S/C18H24Cl2N2O2.C2HF3O2/c1-12(23)21-8-4-13(5-9-21)18(22-6-2-3-7-22)14-10-15(19)16(20)11-17(14)24;3-2(4,5)1(6)7/h10-11,13,18,24H,2-9H2,1H3;(H,6,7). The van der Waals surface area contributed by atoms with Gasteiger partial charge in [0, 0.05) is 37.7 Å². The number of phenolic OH excluding ortho intramolecular Hbond substituents is 1. The fourth-order valence-corrected chi connectivity index (χ4v) is 4.42. The van der Waals surface area contributed by atoms with Crippen LogP contribution in [0.3, 0.4) is 0 Å². The molecule has 1 amide bonds. The molecule has 31 heavy (non-hydrogen) atoms. The van der Waals surface area contributed by atoms with Crippen LogP contribution in [-0.4, -0.2) is 64.2 Å². The number of likely N-dealkylation sites (tertiary alicyclic amines) is 2. The second-order valence-corrected chi connectivity index (χ2v) is 8.47. The van der Waals surface area contributed by atoms with E-state index >= 15 is 0 Å². The maximum atomic E-state index is 11.6. The molecule has 2 aliphatic rings. The van der Waals surface area contributed by atoms with E-state index in [-0.39, 0.29) is 17.7 Å². The zero-order chi connectivity index (χ0) is 23.3. The van der Waals surface area contributed by atoms with Gasteiger partial charge in [-0.1, -0.05) is 23.2 Å². The van der Waals surface area contributed by atoms with Crippen molar-refractivity contribution in [1.29, 1.82) is 0 Å². The molecule has 1 aromatic rings. The van der Waals surface area contributed by atoms with Gasteiger partial charge in [-0.2, -0.15) is 13.2 Å². The molecule has 11 heteroatoms. The minimum Gasteiger partial charge on any atom is -0.508 e. The SMILES string of the molecule is CC(=O)N1CCC(C(c2cc(Cl)c(Cl)cc2O)N2CCCC2)CC1.O=C(O)C(F)(F)F. The van der Waals surface area contributed by atoms with Crippen molar-refractivity contribution in [2.45, 2.75) is 44.8 Å².